The van der Waals surface area contributed by atoms with E-state index in [2.05, 4.69) is 20.6 Å². The Hall–Kier alpha value is -2.93. The van der Waals surface area contributed by atoms with E-state index in [1.165, 1.54) is 0 Å². The zero-order valence-corrected chi connectivity index (χ0v) is 19.5. The highest BCUT2D eigenvalue weighted by Crippen LogP contribution is 2.27. The van der Waals surface area contributed by atoms with Gasteiger partial charge >= 0.3 is 0 Å². The Morgan fingerprint density at radius 1 is 0.903 bits per heavy atom. The summed E-state index contributed by atoms with van der Waals surface area (Å²) in [5.41, 5.74) is 1.24. The predicted molar refractivity (Wildman–Crippen MR) is 127 cm³/mol. The molecule has 2 N–H and O–H groups in total. The van der Waals surface area contributed by atoms with Gasteiger partial charge in [0.1, 0.15) is 11.6 Å². The van der Waals surface area contributed by atoms with E-state index in [0.717, 1.165) is 5.56 Å². The Morgan fingerprint density at radius 3 is 2.23 bits per heavy atom. The van der Waals surface area contributed by atoms with Gasteiger partial charge in [-0.05, 0) is 37.5 Å². The number of benzene rings is 2. The van der Waals surface area contributed by atoms with Crippen LogP contribution in [0.3, 0.4) is 0 Å². The molecule has 3 aromatic rings. The van der Waals surface area contributed by atoms with Crippen LogP contribution in [0.2, 0.25) is 0 Å². The van der Waals surface area contributed by atoms with Crippen molar-refractivity contribution in [3.05, 3.63) is 60.7 Å². The zero-order valence-electron chi connectivity index (χ0n) is 18.7. The first-order chi connectivity index (χ1) is 14.5. The topological polar surface area (TPSA) is 84.0 Å². The predicted octanol–water partition coefficient (Wildman–Crippen LogP) is 5.53. The Kier molecular flexibility index (Phi) is 6.65. The number of nitrogens with zero attached hydrogens (tertiary/aromatic N) is 2. The lowest BCUT2D eigenvalue weighted by atomic mass is 10.0. The highest BCUT2D eigenvalue weighted by molar-refractivity contribution is 7.91. The van der Waals surface area contributed by atoms with Gasteiger partial charge in [-0.2, -0.15) is 0 Å². The van der Waals surface area contributed by atoms with Crippen LogP contribution in [0.15, 0.2) is 65.6 Å². The van der Waals surface area contributed by atoms with Gasteiger partial charge in [-0.3, -0.25) is 0 Å². The van der Waals surface area contributed by atoms with E-state index in [-0.39, 0.29) is 17.2 Å². The number of hydrogen-bond donors (Lipinski definition) is 2. The summed E-state index contributed by atoms with van der Waals surface area (Å²) in [6.45, 7) is 9.84. The minimum absolute atomic E-state index is 0.0809. The van der Waals surface area contributed by atoms with Crippen LogP contribution in [0.25, 0.3) is 11.4 Å². The molecule has 0 saturated carbocycles. The van der Waals surface area contributed by atoms with Crippen molar-refractivity contribution < 1.29 is 8.42 Å². The molecule has 6 nitrogen and oxygen atoms in total. The molecule has 0 aliphatic carbocycles. The summed E-state index contributed by atoms with van der Waals surface area (Å²) in [4.78, 5) is 9.57. The van der Waals surface area contributed by atoms with E-state index in [4.69, 9.17) is 0 Å². The third-order valence-corrected chi connectivity index (χ3v) is 6.50. The maximum absolute atomic E-state index is 12.8. The molecule has 0 fully saturated rings. The van der Waals surface area contributed by atoms with Crippen molar-refractivity contribution in [1.82, 2.24) is 9.97 Å². The minimum atomic E-state index is -3.39. The fraction of sp³-hybridized carbons (Fsp3) is 0.333. The smallest absolute Gasteiger partial charge is 0.178 e. The molecule has 1 aromatic heterocycles. The Balaban J connectivity index is 1.95. The van der Waals surface area contributed by atoms with Crippen molar-refractivity contribution in [1.29, 1.82) is 0 Å². The van der Waals surface area contributed by atoms with Gasteiger partial charge in [0.2, 0.25) is 0 Å². The third-order valence-electron chi connectivity index (χ3n) is 4.28. The van der Waals surface area contributed by atoms with Crippen LogP contribution in [0.1, 0.15) is 34.6 Å². The average molecular weight is 439 g/mol. The highest BCUT2D eigenvalue weighted by atomic mass is 32.2. The lowest BCUT2D eigenvalue weighted by Crippen LogP contribution is -2.20. The first kappa shape index (κ1) is 22.7. The molecule has 0 aliphatic rings. The number of aromatic nitrogens is 2. The molecule has 2 aromatic carbocycles. The molecular formula is C24H30N4O2S. The van der Waals surface area contributed by atoms with Crippen LogP contribution in [-0.4, -0.2) is 30.2 Å². The number of hydrogen-bond acceptors (Lipinski definition) is 6. The minimum Gasteiger partial charge on any atom is -0.368 e. The molecule has 0 unspecified atom stereocenters. The Morgan fingerprint density at radius 2 is 1.58 bits per heavy atom. The second-order valence-corrected chi connectivity index (χ2v) is 11.1. The average Bonchev–Trinajstić information content (AvgIpc) is 2.66. The van der Waals surface area contributed by atoms with Gasteiger partial charge in [-0.15, -0.1) is 0 Å². The van der Waals surface area contributed by atoms with Gasteiger partial charge in [0, 0.05) is 23.4 Å². The van der Waals surface area contributed by atoms with E-state index in [9.17, 15) is 8.42 Å². The van der Waals surface area contributed by atoms with Crippen LogP contribution < -0.4 is 10.6 Å². The van der Waals surface area contributed by atoms with Gasteiger partial charge < -0.3 is 10.6 Å². The van der Waals surface area contributed by atoms with Crippen molar-refractivity contribution in [2.45, 2.75) is 45.6 Å². The molecule has 0 aliphatic heterocycles. The summed E-state index contributed by atoms with van der Waals surface area (Å²) in [6.07, 6.45) is 0. The van der Waals surface area contributed by atoms with Gasteiger partial charge in [0.25, 0.3) is 0 Å². The summed E-state index contributed by atoms with van der Waals surface area (Å²) in [6, 6.07) is 18.6. The lowest BCUT2D eigenvalue weighted by molar-refractivity contribution is 0.462. The third kappa shape index (κ3) is 6.52. The maximum Gasteiger partial charge on any atom is 0.178 e. The molecule has 1 heterocycles. The summed E-state index contributed by atoms with van der Waals surface area (Å²) in [7, 11) is -3.39. The van der Waals surface area contributed by atoms with Crippen molar-refractivity contribution in [3.63, 3.8) is 0 Å². The van der Waals surface area contributed by atoms with Gasteiger partial charge in [-0.25, -0.2) is 18.4 Å². The summed E-state index contributed by atoms with van der Waals surface area (Å²) < 4.78 is 25.6. The molecule has 3 rings (SSSR count). The Labute approximate surface area is 185 Å². The molecule has 164 valence electrons. The van der Waals surface area contributed by atoms with E-state index in [1.807, 2.05) is 77.1 Å². The molecule has 0 amide bonds. The highest BCUT2D eigenvalue weighted by Gasteiger charge is 2.23. The zero-order chi connectivity index (χ0) is 22.6. The van der Waals surface area contributed by atoms with Gasteiger partial charge in [0.15, 0.2) is 15.7 Å². The quantitative estimate of drug-likeness (QED) is 0.505. The Bertz CT molecular complexity index is 1140. The fourth-order valence-corrected chi connectivity index (χ4v) is 5.07. The molecule has 0 radical (unpaired) electrons. The normalized spacial score (nSPS) is 12.1. The van der Waals surface area contributed by atoms with Crippen LogP contribution in [-0.2, 0) is 9.84 Å². The number of anilines is 3. The molecule has 0 bridgehead atoms. The monoisotopic (exact) mass is 438 g/mol. The molecule has 31 heavy (non-hydrogen) atoms. The van der Waals surface area contributed by atoms with Crippen molar-refractivity contribution in [3.8, 4) is 11.4 Å². The van der Waals surface area contributed by atoms with E-state index >= 15 is 0 Å². The first-order valence-corrected chi connectivity index (χ1v) is 12.0. The fourth-order valence-electron chi connectivity index (χ4n) is 3.17. The van der Waals surface area contributed by atoms with Crippen LogP contribution in [0.4, 0.5) is 17.3 Å². The van der Waals surface area contributed by atoms with Crippen molar-refractivity contribution in [2.75, 3.05) is 16.4 Å². The van der Waals surface area contributed by atoms with Gasteiger partial charge in [-0.1, -0.05) is 57.2 Å². The molecule has 0 atom stereocenters. The van der Waals surface area contributed by atoms with Crippen LogP contribution in [0.5, 0.6) is 0 Å². The van der Waals surface area contributed by atoms with Gasteiger partial charge in [0.05, 0.1) is 10.6 Å². The van der Waals surface area contributed by atoms with E-state index in [0.29, 0.717) is 28.0 Å². The number of rotatable bonds is 7. The number of sulfone groups is 1. The largest absolute Gasteiger partial charge is 0.368 e. The molecule has 7 heteroatoms. The van der Waals surface area contributed by atoms with Crippen molar-refractivity contribution in [2.24, 2.45) is 5.41 Å². The molecule has 0 saturated heterocycles. The number of nitrogens with one attached hydrogen (secondary N) is 2. The summed E-state index contributed by atoms with van der Waals surface area (Å²) in [5.74, 6) is 1.95. The molecule has 0 spiro atoms. The molecular weight excluding hydrogens is 408 g/mol. The lowest BCUT2D eigenvalue weighted by Gasteiger charge is -2.18. The summed E-state index contributed by atoms with van der Waals surface area (Å²) >= 11 is 0. The second kappa shape index (κ2) is 9.06. The summed E-state index contributed by atoms with van der Waals surface area (Å²) in [5, 5.41) is 6.56. The SMILES string of the molecule is CC(C)Nc1cc(Nc2cccc(S(=O)(=O)CC(C)(C)C)c2)nc(-c2ccccc2)n1. The van der Waals surface area contributed by atoms with Crippen LogP contribution >= 0.6 is 0 Å². The second-order valence-electron chi connectivity index (χ2n) is 9.10. The van der Waals surface area contributed by atoms with E-state index in [1.54, 1.807) is 18.2 Å². The first-order valence-electron chi connectivity index (χ1n) is 10.3. The van der Waals surface area contributed by atoms with Crippen molar-refractivity contribution >= 4 is 27.2 Å². The maximum atomic E-state index is 12.8. The van der Waals surface area contributed by atoms with Crippen LogP contribution in [0, 0.1) is 5.41 Å². The van der Waals surface area contributed by atoms with E-state index < -0.39 is 9.84 Å². The standard InChI is InChI=1S/C24H30N4O2S/c1-17(2)25-21-15-22(28-23(27-21)18-10-7-6-8-11-18)26-19-12-9-13-20(14-19)31(29,30)16-24(3,4)5/h6-15,17H,16H2,1-5H3,(H2,25,26,27,28).